The third-order valence-electron chi connectivity index (χ3n) is 10.5. The first-order valence-corrected chi connectivity index (χ1v) is 22.1. The molecular formula is C56H54F6N2. The van der Waals surface area contributed by atoms with Crippen LogP contribution in [0.5, 0.6) is 0 Å². The van der Waals surface area contributed by atoms with Crippen LogP contribution < -0.4 is 9.80 Å². The third kappa shape index (κ3) is 14.8. The molecule has 0 saturated carbocycles. The molecular weight excluding hydrogens is 815 g/mol. The lowest BCUT2D eigenvalue weighted by Crippen LogP contribution is -2.25. The first-order valence-electron chi connectivity index (χ1n) is 22.1. The van der Waals surface area contributed by atoms with Gasteiger partial charge in [-0.05, 0) is 135 Å². The van der Waals surface area contributed by atoms with Gasteiger partial charge in [0.2, 0.25) is 0 Å². The Balaban J connectivity index is 1.62. The molecule has 0 heterocycles. The maximum atomic E-state index is 13.3. The lowest BCUT2D eigenvalue weighted by atomic mass is 9.97. The molecule has 5 aromatic carbocycles. The maximum Gasteiger partial charge on any atom is 0.416 e. The summed E-state index contributed by atoms with van der Waals surface area (Å²) in [6.45, 7) is 12.6. The van der Waals surface area contributed by atoms with Gasteiger partial charge in [0.15, 0.2) is 0 Å². The fraction of sp³-hybridized carbons (Fsp3) is 0.321. The zero-order valence-electron chi connectivity index (χ0n) is 37.0. The molecule has 0 bridgehead atoms. The second-order valence-electron chi connectivity index (χ2n) is 15.6. The van der Waals surface area contributed by atoms with Crippen molar-refractivity contribution < 1.29 is 26.3 Å². The molecule has 5 aromatic rings. The molecule has 0 aliphatic rings. The standard InChI is InChI=1S/C56H54F6N2/c1-5-9-37-63(38-10-6-2)53-33-21-45(22-34-53)15-27-49-41-48(26-14-44-19-31-52(32-20-44)56(60,61)62)50(42-47(49)25-13-43-17-29-51(30-18-43)55(57,58)59)28-16-46-23-35-54(36-24-46)64(39-11-7-3)40-12-8-4/h17-24,29-36,41-42H,5-12,37-40H2,1-4H3. The molecule has 0 spiro atoms. The number of nitrogens with zero attached hydrogens (tertiary/aromatic N) is 2. The fourth-order valence-electron chi connectivity index (χ4n) is 6.70. The van der Waals surface area contributed by atoms with Crippen molar-refractivity contribution in [1.82, 2.24) is 0 Å². The number of hydrogen-bond acceptors (Lipinski definition) is 2. The van der Waals surface area contributed by atoms with Crippen molar-refractivity contribution in [2.75, 3.05) is 36.0 Å². The van der Waals surface area contributed by atoms with Gasteiger partial charge >= 0.3 is 12.4 Å². The van der Waals surface area contributed by atoms with Crippen molar-refractivity contribution in [3.8, 4) is 47.4 Å². The van der Waals surface area contributed by atoms with E-state index in [0.717, 1.165) is 124 Å². The van der Waals surface area contributed by atoms with Gasteiger partial charge in [-0.3, -0.25) is 0 Å². The molecule has 64 heavy (non-hydrogen) atoms. The van der Waals surface area contributed by atoms with E-state index in [-0.39, 0.29) is 0 Å². The van der Waals surface area contributed by atoms with E-state index in [4.69, 9.17) is 0 Å². The molecule has 0 fully saturated rings. The van der Waals surface area contributed by atoms with Crippen molar-refractivity contribution in [1.29, 1.82) is 0 Å². The number of halogens is 6. The molecule has 0 aliphatic heterocycles. The summed E-state index contributed by atoms with van der Waals surface area (Å²) in [6.07, 6.45) is -0.197. The predicted octanol–water partition coefficient (Wildman–Crippen LogP) is 14.1. The van der Waals surface area contributed by atoms with Crippen LogP contribution in [0.3, 0.4) is 0 Å². The summed E-state index contributed by atoms with van der Waals surface area (Å²) in [7, 11) is 0. The molecule has 0 unspecified atom stereocenters. The molecule has 0 aliphatic carbocycles. The monoisotopic (exact) mass is 868 g/mol. The summed E-state index contributed by atoms with van der Waals surface area (Å²) in [5.41, 5.74) is 4.97. The Morgan fingerprint density at radius 1 is 0.344 bits per heavy atom. The zero-order chi connectivity index (χ0) is 46.0. The largest absolute Gasteiger partial charge is 0.416 e. The smallest absolute Gasteiger partial charge is 0.372 e. The van der Waals surface area contributed by atoms with Gasteiger partial charge < -0.3 is 9.80 Å². The summed E-state index contributed by atoms with van der Waals surface area (Å²) in [6, 6.07) is 29.0. The average Bonchev–Trinajstić information content (AvgIpc) is 3.29. The van der Waals surface area contributed by atoms with Gasteiger partial charge in [-0.25, -0.2) is 0 Å². The third-order valence-corrected chi connectivity index (χ3v) is 10.5. The first-order chi connectivity index (χ1) is 30.8. The minimum absolute atomic E-state index is 0.379. The zero-order valence-corrected chi connectivity index (χ0v) is 37.0. The molecule has 0 N–H and O–H groups in total. The Bertz CT molecular complexity index is 2330. The SMILES string of the molecule is CCCCN(CCCC)c1ccc(C#Cc2cc(C#Cc3ccc(C(F)(F)F)cc3)c(C#Cc3ccc(N(CCCC)CCCC)cc3)cc2C#Cc2ccc(C(F)(F)F)cc2)cc1. The van der Waals surface area contributed by atoms with Crippen molar-refractivity contribution >= 4 is 11.4 Å². The lowest BCUT2D eigenvalue weighted by molar-refractivity contribution is -0.138. The summed E-state index contributed by atoms with van der Waals surface area (Å²) >= 11 is 0. The highest BCUT2D eigenvalue weighted by molar-refractivity contribution is 5.65. The van der Waals surface area contributed by atoms with E-state index in [0.29, 0.717) is 33.4 Å². The number of anilines is 2. The van der Waals surface area contributed by atoms with Crippen LogP contribution >= 0.6 is 0 Å². The maximum absolute atomic E-state index is 13.3. The average molecular weight is 869 g/mol. The van der Waals surface area contributed by atoms with Gasteiger partial charge in [0, 0.05) is 82.1 Å². The molecule has 0 amide bonds. The number of unbranched alkanes of at least 4 members (excludes halogenated alkanes) is 4. The number of alkyl halides is 6. The van der Waals surface area contributed by atoms with Gasteiger partial charge in [0.05, 0.1) is 11.1 Å². The number of benzene rings is 5. The molecule has 2 nitrogen and oxygen atoms in total. The highest BCUT2D eigenvalue weighted by Gasteiger charge is 2.30. The Labute approximate surface area is 376 Å². The van der Waals surface area contributed by atoms with Gasteiger partial charge in [0.1, 0.15) is 0 Å². The van der Waals surface area contributed by atoms with Gasteiger partial charge in [-0.15, -0.1) is 0 Å². The Morgan fingerprint density at radius 2 is 0.578 bits per heavy atom. The van der Waals surface area contributed by atoms with Crippen LogP contribution in [0, 0.1) is 47.4 Å². The quantitative estimate of drug-likeness (QED) is 0.0810. The van der Waals surface area contributed by atoms with Crippen LogP contribution in [0.4, 0.5) is 37.7 Å². The minimum Gasteiger partial charge on any atom is -0.372 e. The second-order valence-corrected chi connectivity index (χ2v) is 15.6. The van der Waals surface area contributed by atoms with Crippen LogP contribution in [0.25, 0.3) is 0 Å². The molecule has 0 aromatic heterocycles. The van der Waals surface area contributed by atoms with Crippen molar-refractivity contribution in [3.05, 3.63) is 165 Å². The van der Waals surface area contributed by atoms with Crippen molar-refractivity contribution in [2.24, 2.45) is 0 Å². The van der Waals surface area contributed by atoms with Crippen LogP contribution in [-0.4, -0.2) is 26.2 Å². The van der Waals surface area contributed by atoms with Crippen molar-refractivity contribution in [3.63, 3.8) is 0 Å². The van der Waals surface area contributed by atoms with Gasteiger partial charge in [-0.1, -0.05) is 101 Å². The normalized spacial score (nSPS) is 10.9. The first kappa shape index (κ1) is 48.6. The van der Waals surface area contributed by atoms with Crippen LogP contribution in [0.15, 0.2) is 109 Å². The number of rotatable bonds is 14. The van der Waals surface area contributed by atoms with E-state index in [1.807, 2.05) is 24.3 Å². The van der Waals surface area contributed by atoms with Crippen LogP contribution in [-0.2, 0) is 12.4 Å². The van der Waals surface area contributed by atoms with Gasteiger partial charge in [-0.2, -0.15) is 26.3 Å². The topological polar surface area (TPSA) is 6.48 Å². The molecule has 330 valence electrons. The summed E-state index contributed by atoms with van der Waals surface area (Å²) in [4.78, 5) is 4.79. The van der Waals surface area contributed by atoms with Crippen LogP contribution in [0.1, 0.15) is 135 Å². The second kappa shape index (κ2) is 23.8. The van der Waals surface area contributed by atoms with E-state index in [1.54, 1.807) is 12.1 Å². The highest BCUT2D eigenvalue weighted by atomic mass is 19.4. The van der Waals surface area contributed by atoms with E-state index < -0.39 is 23.5 Å². The Kier molecular flexibility index (Phi) is 18.1. The van der Waals surface area contributed by atoms with Crippen LogP contribution in [0.2, 0.25) is 0 Å². The molecule has 0 atom stereocenters. The fourth-order valence-corrected chi connectivity index (χ4v) is 6.70. The molecule has 0 radical (unpaired) electrons. The van der Waals surface area contributed by atoms with E-state index in [2.05, 4.69) is 109 Å². The molecule has 8 heteroatoms. The Hall–Kier alpha value is -6.48. The molecule has 5 rings (SSSR count). The van der Waals surface area contributed by atoms with E-state index in [9.17, 15) is 26.3 Å². The minimum atomic E-state index is -4.48. The summed E-state index contributed by atoms with van der Waals surface area (Å²) in [5, 5.41) is 0. The predicted molar refractivity (Wildman–Crippen MR) is 250 cm³/mol. The molecule has 0 saturated heterocycles. The van der Waals surface area contributed by atoms with E-state index >= 15 is 0 Å². The Morgan fingerprint density at radius 3 is 0.797 bits per heavy atom. The van der Waals surface area contributed by atoms with E-state index in [1.165, 1.54) is 24.3 Å². The van der Waals surface area contributed by atoms with Gasteiger partial charge in [0.25, 0.3) is 0 Å². The summed E-state index contributed by atoms with van der Waals surface area (Å²) < 4.78 is 80.0. The number of hydrogen-bond donors (Lipinski definition) is 0. The summed E-state index contributed by atoms with van der Waals surface area (Å²) in [5.74, 6) is 25.3. The van der Waals surface area contributed by atoms with Crippen molar-refractivity contribution in [2.45, 2.75) is 91.4 Å². The highest BCUT2D eigenvalue weighted by Crippen LogP contribution is 2.30. The lowest BCUT2D eigenvalue weighted by Gasteiger charge is -2.24.